The zero-order chi connectivity index (χ0) is 32.2. The molecule has 0 spiro atoms. The average molecular weight is 637 g/mol. The van der Waals surface area contributed by atoms with E-state index in [-0.39, 0.29) is 11.8 Å². The van der Waals surface area contributed by atoms with Gasteiger partial charge in [0.1, 0.15) is 24.7 Å². The van der Waals surface area contributed by atoms with E-state index in [4.69, 9.17) is 42.6 Å². The van der Waals surface area contributed by atoms with Gasteiger partial charge in [-0.25, -0.2) is 0 Å². The standard InChI is InChI=1S/C32H48N2O11/c1-27(35)33-29-3-7-31(8-4-29)44-25-23-42-21-19-40-17-15-38-13-11-37-12-14-39-16-18-41-20-22-43-24-26-45-32-9-5-30(6-10-32)34-28(2)36/h3-10H,11-26H2,1-2H3,(H,33,35)(H,34,36). The summed E-state index contributed by atoms with van der Waals surface area (Å²) in [5, 5.41) is 5.41. The largest absolute Gasteiger partial charge is 0.491 e. The maximum atomic E-state index is 11.0. The van der Waals surface area contributed by atoms with Crippen molar-refractivity contribution in [3.8, 4) is 11.5 Å². The van der Waals surface area contributed by atoms with Crippen molar-refractivity contribution >= 4 is 23.2 Å². The molecule has 2 N–H and O–H groups in total. The van der Waals surface area contributed by atoms with Crippen molar-refractivity contribution in [3.63, 3.8) is 0 Å². The molecule has 0 bridgehead atoms. The van der Waals surface area contributed by atoms with Crippen molar-refractivity contribution in [1.29, 1.82) is 0 Å². The Morgan fingerprint density at radius 2 is 0.622 bits per heavy atom. The molecular weight excluding hydrogens is 588 g/mol. The Bertz CT molecular complexity index is 941. The second-order valence-electron chi connectivity index (χ2n) is 9.39. The molecule has 13 heteroatoms. The molecule has 0 saturated heterocycles. The van der Waals surface area contributed by atoms with Crippen LogP contribution in [0.3, 0.4) is 0 Å². The second-order valence-corrected chi connectivity index (χ2v) is 9.39. The topological polar surface area (TPSA) is 141 Å². The second kappa shape index (κ2) is 26.0. The summed E-state index contributed by atoms with van der Waals surface area (Å²) in [5.41, 5.74) is 1.46. The molecule has 0 aliphatic rings. The Labute approximate surface area is 265 Å². The average Bonchev–Trinajstić information content (AvgIpc) is 3.02. The van der Waals surface area contributed by atoms with Crippen LogP contribution in [0.1, 0.15) is 13.8 Å². The third kappa shape index (κ3) is 21.9. The van der Waals surface area contributed by atoms with Gasteiger partial charge in [-0.15, -0.1) is 0 Å². The zero-order valence-electron chi connectivity index (χ0n) is 26.4. The first-order chi connectivity index (χ1) is 22.0. The number of benzene rings is 2. The van der Waals surface area contributed by atoms with Gasteiger partial charge in [-0.05, 0) is 48.5 Å². The predicted molar refractivity (Wildman–Crippen MR) is 168 cm³/mol. The number of carbonyl (C=O) groups is 2. The quantitative estimate of drug-likeness (QED) is 0.133. The van der Waals surface area contributed by atoms with Gasteiger partial charge in [-0.1, -0.05) is 0 Å². The van der Waals surface area contributed by atoms with Crippen molar-refractivity contribution in [2.75, 3.05) is 116 Å². The SMILES string of the molecule is CC(=O)Nc1ccc(OCCOCCOCCOCCOCCOCCOCCOCCOc2ccc(NC(C)=O)cc2)cc1. The molecule has 0 fully saturated rings. The van der Waals surface area contributed by atoms with E-state index in [0.717, 1.165) is 11.4 Å². The summed E-state index contributed by atoms with van der Waals surface area (Å²) in [7, 11) is 0. The minimum Gasteiger partial charge on any atom is -0.491 e. The van der Waals surface area contributed by atoms with E-state index in [1.54, 1.807) is 48.5 Å². The number of rotatable bonds is 28. The molecule has 2 amide bonds. The smallest absolute Gasteiger partial charge is 0.221 e. The summed E-state index contributed by atoms with van der Waals surface area (Å²) in [4.78, 5) is 22.1. The van der Waals surface area contributed by atoms with Gasteiger partial charge in [0.2, 0.25) is 11.8 Å². The fourth-order valence-electron chi connectivity index (χ4n) is 3.53. The molecule has 0 aliphatic heterocycles. The van der Waals surface area contributed by atoms with E-state index in [2.05, 4.69) is 10.6 Å². The highest BCUT2D eigenvalue weighted by Crippen LogP contribution is 2.16. The highest BCUT2D eigenvalue weighted by Gasteiger charge is 2.00. The maximum Gasteiger partial charge on any atom is 0.221 e. The lowest BCUT2D eigenvalue weighted by Crippen LogP contribution is -2.15. The van der Waals surface area contributed by atoms with Crippen molar-refractivity contribution in [3.05, 3.63) is 48.5 Å². The molecule has 0 radical (unpaired) electrons. The minimum atomic E-state index is -0.110. The number of carbonyl (C=O) groups excluding carboxylic acids is 2. The van der Waals surface area contributed by atoms with Crippen molar-refractivity contribution in [1.82, 2.24) is 0 Å². The van der Waals surface area contributed by atoms with Gasteiger partial charge in [0, 0.05) is 25.2 Å². The molecule has 252 valence electrons. The summed E-state index contributed by atoms with van der Waals surface area (Å²) in [6.45, 7) is 10.5. The van der Waals surface area contributed by atoms with Gasteiger partial charge < -0.3 is 53.3 Å². The van der Waals surface area contributed by atoms with Gasteiger partial charge in [0.25, 0.3) is 0 Å². The first kappa shape index (κ1) is 37.9. The number of hydrogen-bond donors (Lipinski definition) is 2. The van der Waals surface area contributed by atoms with Crippen LogP contribution in [0, 0.1) is 0 Å². The fourth-order valence-corrected chi connectivity index (χ4v) is 3.53. The van der Waals surface area contributed by atoms with Crippen LogP contribution in [0.25, 0.3) is 0 Å². The van der Waals surface area contributed by atoms with Crippen LogP contribution in [0.15, 0.2) is 48.5 Å². The first-order valence-corrected chi connectivity index (χ1v) is 15.1. The third-order valence-corrected chi connectivity index (χ3v) is 5.57. The number of amides is 2. The first-order valence-electron chi connectivity index (χ1n) is 15.1. The highest BCUT2D eigenvalue weighted by molar-refractivity contribution is 5.89. The Morgan fingerprint density at radius 1 is 0.400 bits per heavy atom. The van der Waals surface area contributed by atoms with E-state index in [1.807, 2.05) is 0 Å². The summed E-state index contributed by atoms with van der Waals surface area (Å²) < 4.78 is 49.5. The highest BCUT2D eigenvalue weighted by atomic mass is 16.6. The van der Waals surface area contributed by atoms with E-state index in [9.17, 15) is 9.59 Å². The van der Waals surface area contributed by atoms with Crippen LogP contribution < -0.4 is 20.1 Å². The summed E-state index contributed by atoms with van der Waals surface area (Å²) >= 11 is 0. The Kier molecular flexibility index (Phi) is 21.9. The van der Waals surface area contributed by atoms with Crippen molar-refractivity contribution in [2.45, 2.75) is 13.8 Å². The molecule has 0 aromatic heterocycles. The van der Waals surface area contributed by atoms with Crippen LogP contribution in [0.2, 0.25) is 0 Å². The molecule has 0 heterocycles. The van der Waals surface area contributed by atoms with E-state index < -0.39 is 0 Å². The molecule has 45 heavy (non-hydrogen) atoms. The van der Waals surface area contributed by atoms with Crippen LogP contribution in [0.5, 0.6) is 11.5 Å². The number of hydrogen-bond acceptors (Lipinski definition) is 11. The normalized spacial score (nSPS) is 10.9. The van der Waals surface area contributed by atoms with Gasteiger partial charge in [-0.2, -0.15) is 0 Å². The lowest BCUT2D eigenvalue weighted by Gasteiger charge is -2.09. The van der Waals surface area contributed by atoms with Gasteiger partial charge in [-0.3, -0.25) is 9.59 Å². The number of ether oxygens (including phenoxy) is 9. The minimum absolute atomic E-state index is 0.110. The lowest BCUT2D eigenvalue weighted by molar-refractivity contribution is -0.115. The van der Waals surface area contributed by atoms with Gasteiger partial charge in [0.05, 0.1) is 92.5 Å². The molecule has 2 aromatic rings. The number of anilines is 2. The molecule has 2 rings (SSSR count). The summed E-state index contributed by atoms with van der Waals surface area (Å²) in [6, 6.07) is 14.3. The summed E-state index contributed by atoms with van der Waals surface area (Å²) in [6.07, 6.45) is 0. The van der Waals surface area contributed by atoms with Gasteiger partial charge >= 0.3 is 0 Å². The van der Waals surface area contributed by atoms with Gasteiger partial charge in [0.15, 0.2) is 0 Å². The summed E-state index contributed by atoms with van der Waals surface area (Å²) in [5.74, 6) is 1.21. The molecule has 2 aromatic carbocycles. The van der Waals surface area contributed by atoms with E-state index >= 15 is 0 Å². The molecule has 0 aliphatic carbocycles. The van der Waals surface area contributed by atoms with Crippen LogP contribution >= 0.6 is 0 Å². The van der Waals surface area contributed by atoms with Crippen molar-refractivity contribution < 1.29 is 52.2 Å². The van der Waals surface area contributed by atoms with Crippen molar-refractivity contribution in [2.24, 2.45) is 0 Å². The Morgan fingerprint density at radius 3 is 0.844 bits per heavy atom. The number of nitrogens with one attached hydrogen (secondary N) is 2. The third-order valence-electron chi connectivity index (χ3n) is 5.57. The van der Waals surface area contributed by atoms with E-state index in [0.29, 0.717) is 117 Å². The Balaban J connectivity index is 1.22. The van der Waals surface area contributed by atoms with Crippen LogP contribution in [-0.4, -0.2) is 118 Å². The predicted octanol–water partition coefficient (Wildman–Crippen LogP) is 3.18. The molecule has 0 atom stereocenters. The maximum absolute atomic E-state index is 11.0. The van der Waals surface area contributed by atoms with Crippen LogP contribution in [-0.2, 0) is 42.7 Å². The molecular formula is C32H48N2O11. The Hall–Kier alpha value is -3.30. The fraction of sp³-hybridized carbons (Fsp3) is 0.562. The molecule has 0 unspecified atom stereocenters. The van der Waals surface area contributed by atoms with Crippen LogP contribution in [0.4, 0.5) is 11.4 Å². The zero-order valence-corrected chi connectivity index (χ0v) is 26.4. The van der Waals surface area contributed by atoms with E-state index in [1.165, 1.54) is 13.8 Å². The lowest BCUT2D eigenvalue weighted by atomic mass is 10.3. The molecule has 0 saturated carbocycles. The monoisotopic (exact) mass is 636 g/mol. The molecule has 13 nitrogen and oxygen atoms in total.